The summed E-state index contributed by atoms with van der Waals surface area (Å²) in [5.74, 6) is 5.48. The van der Waals surface area contributed by atoms with E-state index in [-0.39, 0.29) is 11.3 Å². The van der Waals surface area contributed by atoms with E-state index >= 15 is 0 Å². The molecular weight excluding hydrogens is 405 g/mol. The summed E-state index contributed by atoms with van der Waals surface area (Å²) in [5.41, 5.74) is 2.23. The lowest BCUT2D eigenvalue weighted by Gasteiger charge is -2.10. The van der Waals surface area contributed by atoms with Gasteiger partial charge in [0.2, 0.25) is 0 Å². The lowest BCUT2D eigenvalue weighted by molar-refractivity contribution is -0.137. The van der Waals surface area contributed by atoms with E-state index in [1.54, 1.807) is 41.2 Å². The van der Waals surface area contributed by atoms with Crippen molar-refractivity contribution >= 4 is 17.2 Å². The average molecular weight is 420 g/mol. The van der Waals surface area contributed by atoms with Crippen LogP contribution in [-0.4, -0.2) is 20.5 Å². The first-order chi connectivity index (χ1) is 14.8. The zero-order valence-electron chi connectivity index (χ0n) is 16.2. The number of carbonyl (C=O) groups is 1. The number of nitrogens with one attached hydrogen (secondary N) is 1. The minimum atomic E-state index is -4.49. The Hall–Kier alpha value is -4.12. The van der Waals surface area contributed by atoms with Gasteiger partial charge < -0.3 is 5.32 Å². The number of imidazole rings is 1. The summed E-state index contributed by atoms with van der Waals surface area (Å²) in [5, 5.41) is 6.70. The number of fused-ring (bicyclic) bond motifs is 1. The molecule has 0 aliphatic heterocycles. The number of nitrogens with zero attached hydrogens (tertiary/aromatic N) is 3. The molecule has 2 aromatic heterocycles. The van der Waals surface area contributed by atoms with Crippen LogP contribution in [0.4, 0.5) is 18.9 Å². The van der Waals surface area contributed by atoms with Gasteiger partial charge in [0.15, 0.2) is 5.65 Å². The number of halogens is 3. The van der Waals surface area contributed by atoms with E-state index in [0.29, 0.717) is 16.9 Å². The Morgan fingerprint density at radius 2 is 1.90 bits per heavy atom. The molecule has 0 atom stereocenters. The number of benzene rings is 2. The summed E-state index contributed by atoms with van der Waals surface area (Å²) >= 11 is 0. The SMILES string of the molecule is Cc1ccc(C(=O)Nc2cccc(C(F)(F)F)c2)cc1C#Cc1cnc2cccnn12. The fourth-order valence-electron chi connectivity index (χ4n) is 2.92. The van der Waals surface area contributed by atoms with E-state index in [1.807, 2.05) is 13.0 Å². The second kappa shape index (κ2) is 7.95. The van der Waals surface area contributed by atoms with Gasteiger partial charge in [0.1, 0.15) is 5.69 Å². The predicted molar refractivity (Wildman–Crippen MR) is 110 cm³/mol. The maximum atomic E-state index is 12.9. The molecule has 0 fully saturated rings. The zero-order chi connectivity index (χ0) is 22.0. The highest BCUT2D eigenvalue weighted by molar-refractivity contribution is 6.04. The minimum absolute atomic E-state index is 0.0600. The molecule has 4 rings (SSSR count). The number of carbonyl (C=O) groups excluding carboxylic acids is 1. The normalized spacial score (nSPS) is 11.1. The van der Waals surface area contributed by atoms with Crippen molar-refractivity contribution in [1.82, 2.24) is 14.6 Å². The molecule has 0 saturated heterocycles. The predicted octanol–water partition coefficient (Wildman–Crippen LogP) is 4.71. The standard InChI is InChI=1S/C23H15F3N4O/c1-15-7-8-17(22(31)29-19-5-2-4-18(13-19)23(24,25)26)12-16(15)9-10-20-14-27-21-6-3-11-28-30(20)21/h2-8,11-14H,1H3,(H,29,31). The van der Waals surface area contributed by atoms with Crippen LogP contribution >= 0.6 is 0 Å². The first kappa shape index (κ1) is 20.2. The molecule has 0 saturated carbocycles. The van der Waals surface area contributed by atoms with Gasteiger partial charge in [-0.15, -0.1) is 0 Å². The van der Waals surface area contributed by atoms with Gasteiger partial charge in [-0.3, -0.25) is 4.79 Å². The van der Waals surface area contributed by atoms with Crippen LogP contribution in [-0.2, 0) is 6.18 Å². The molecule has 4 aromatic rings. The number of aryl methyl sites for hydroxylation is 1. The fraction of sp³-hybridized carbons (Fsp3) is 0.0870. The van der Waals surface area contributed by atoms with Crippen LogP contribution in [0.1, 0.15) is 32.7 Å². The molecule has 8 heteroatoms. The van der Waals surface area contributed by atoms with E-state index in [0.717, 1.165) is 17.7 Å². The third kappa shape index (κ3) is 4.41. The maximum absolute atomic E-state index is 12.9. The Morgan fingerprint density at radius 3 is 2.71 bits per heavy atom. The molecule has 2 aromatic carbocycles. The molecule has 5 nitrogen and oxygen atoms in total. The molecule has 1 N–H and O–H groups in total. The summed E-state index contributed by atoms with van der Waals surface area (Å²) in [7, 11) is 0. The number of anilines is 1. The molecule has 31 heavy (non-hydrogen) atoms. The first-order valence-electron chi connectivity index (χ1n) is 9.21. The molecule has 154 valence electrons. The number of hydrogen-bond acceptors (Lipinski definition) is 3. The summed E-state index contributed by atoms with van der Waals surface area (Å²) in [6.45, 7) is 1.85. The Bertz CT molecular complexity index is 1350. The van der Waals surface area contributed by atoms with Crippen molar-refractivity contribution in [2.45, 2.75) is 13.1 Å². The highest BCUT2D eigenvalue weighted by Gasteiger charge is 2.30. The van der Waals surface area contributed by atoms with E-state index in [1.165, 1.54) is 12.1 Å². The van der Waals surface area contributed by atoms with Crippen molar-refractivity contribution in [2.24, 2.45) is 0 Å². The van der Waals surface area contributed by atoms with Crippen LogP contribution in [0.3, 0.4) is 0 Å². The third-order valence-corrected chi connectivity index (χ3v) is 4.55. The fourth-order valence-corrected chi connectivity index (χ4v) is 2.92. The van der Waals surface area contributed by atoms with Gasteiger partial charge in [-0.25, -0.2) is 9.50 Å². The summed E-state index contributed by atoms with van der Waals surface area (Å²) < 4.78 is 40.3. The summed E-state index contributed by atoms with van der Waals surface area (Å²) in [4.78, 5) is 16.8. The highest BCUT2D eigenvalue weighted by Crippen LogP contribution is 2.30. The number of aromatic nitrogens is 3. The van der Waals surface area contributed by atoms with E-state index in [9.17, 15) is 18.0 Å². The van der Waals surface area contributed by atoms with Crippen molar-refractivity contribution in [2.75, 3.05) is 5.32 Å². The molecular formula is C23H15F3N4O. The molecule has 0 bridgehead atoms. The lowest BCUT2D eigenvalue weighted by atomic mass is 10.0. The molecule has 0 radical (unpaired) electrons. The van der Waals surface area contributed by atoms with Crippen LogP contribution < -0.4 is 5.32 Å². The summed E-state index contributed by atoms with van der Waals surface area (Å²) in [6.07, 6.45) is -1.25. The van der Waals surface area contributed by atoms with Crippen LogP contribution in [0.5, 0.6) is 0 Å². The van der Waals surface area contributed by atoms with Crippen molar-refractivity contribution in [3.63, 3.8) is 0 Å². The van der Waals surface area contributed by atoms with Gasteiger partial charge in [-0.2, -0.15) is 18.3 Å². The monoisotopic (exact) mass is 420 g/mol. The molecule has 0 spiro atoms. The van der Waals surface area contributed by atoms with Crippen LogP contribution in [0, 0.1) is 18.8 Å². The van der Waals surface area contributed by atoms with Gasteiger partial charge in [0.25, 0.3) is 5.91 Å². The molecule has 0 unspecified atom stereocenters. The number of amides is 1. The number of alkyl halides is 3. The molecule has 1 amide bonds. The summed E-state index contributed by atoms with van der Waals surface area (Å²) in [6, 6.07) is 13.0. The quantitative estimate of drug-likeness (QED) is 0.478. The molecule has 0 aliphatic carbocycles. The van der Waals surface area contributed by atoms with E-state index in [2.05, 4.69) is 27.2 Å². The molecule has 0 aliphatic rings. The van der Waals surface area contributed by atoms with Gasteiger partial charge in [0.05, 0.1) is 11.8 Å². The second-order valence-corrected chi connectivity index (χ2v) is 6.75. The Morgan fingerprint density at radius 1 is 1.06 bits per heavy atom. The Kier molecular flexibility index (Phi) is 5.17. The van der Waals surface area contributed by atoms with Crippen LogP contribution in [0.15, 0.2) is 67.0 Å². The van der Waals surface area contributed by atoms with Crippen molar-refractivity contribution in [3.05, 3.63) is 94.9 Å². The minimum Gasteiger partial charge on any atom is -0.322 e. The van der Waals surface area contributed by atoms with Gasteiger partial charge >= 0.3 is 6.18 Å². The highest BCUT2D eigenvalue weighted by atomic mass is 19.4. The smallest absolute Gasteiger partial charge is 0.322 e. The van der Waals surface area contributed by atoms with Crippen molar-refractivity contribution < 1.29 is 18.0 Å². The van der Waals surface area contributed by atoms with Gasteiger partial charge in [-0.05, 0) is 60.9 Å². The van der Waals surface area contributed by atoms with Crippen LogP contribution in [0.25, 0.3) is 5.65 Å². The van der Waals surface area contributed by atoms with Crippen LogP contribution in [0.2, 0.25) is 0 Å². The first-order valence-corrected chi connectivity index (χ1v) is 9.21. The largest absolute Gasteiger partial charge is 0.416 e. The maximum Gasteiger partial charge on any atom is 0.416 e. The lowest BCUT2D eigenvalue weighted by Crippen LogP contribution is -2.13. The Balaban J connectivity index is 1.59. The van der Waals surface area contributed by atoms with Crippen molar-refractivity contribution in [3.8, 4) is 11.8 Å². The average Bonchev–Trinajstić information content (AvgIpc) is 3.16. The van der Waals surface area contributed by atoms with Gasteiger partial charge in [-0.1, -0.05) is 18.1 Å². The topological polar surface area (TPSA) is 59.3 Å². The number of hydrogen-bond donors (Lipinski definition) is 1. The second-order valence-electron chi connectivity index (χ2n) is 6.75. The number of rotatable bonds is 2. The van der Waals surface area contributed by atoms with Gasteiger partial charge in [0, 0.05) is 23.0 Å². The van der Waals surface area contributed by atoms with E-state index in [4.69, 9.17) is 0 Å². The van der Waals surface area contributed by atoms with E-state index < -0.39 is 17.6 Å². The Labute approximate surface area is 175 Å². The van der Waals surface area contributed by atoms with Crippen molar-refractivity contribution in [1.29, 1.82) is 0 Å². The third-order valence-electron chi connectivity index (χ3n) is 4.55. The molecule has 2 heterocycles. The zero-order valence-corrected chi connectivity index (χ0v) is 16.2.